The maximum Gasteiger partial charge on any atom is 0.416 e. The number of hydrogen-bond acceptors (Lipinski definition) is 1. The zero-order chi connectivity index (χ0) is 10.8. The van der Waals surface area contributed by atoms with Gasteiger partial charge in [0.05, 0.1) is 5.56 Å². The summed E-state index contributed by atoms with van der Waals surface area (Å²) in [6.45, 7) is 3.91. The van der Waals surface area contributed by atoms with Crippen LogP contribution >= 0.6 is 0 Å². The molecular formula is C10H12F3N. The van der Waals surface area contributed by atoms with Crippen molar-refractivity contribution in [3.8, 4) is 0 Å². The van der Waals surface area contributed by atoms with Crippen molar-refractivity contribution in [3.63, 3.8) is 0 Å². The third-order valence-electron chi connectivity index (χ3n) is 1.92. The first-order valence-corrected chi connectivity index (χ1v) is 4.37. The molecule has 1 N–H and O–H groups in total. The van der Waals surface area contributed by atoms with Gasteiger partial charge in [0, 0.05) is 12.2 Å². The highest BCUT2D eigenvalue weighted by molar-refractivity contribution is 5.49. The number of nitrogens with one attached hydrogen (secondary N) is 1. The largest absolute Gasteiger partial charge is 0.416 e. The van der Waals surface area contributed by atoms with Gasteiger partial charge < -0.3 is 5.32 Å². The Morgan fingerprint density at radius 2 is 1.93 bits per heavy atom. The topological polar surface area (TPSA) is 12.0 Å². The summed E-state index contributed by atoms with van der Waals surface area (Å²) in [6, 6.07) is 4.26. The summed E-state index contributed by atoms with van der Waals surface area (Å²) in [5.41, 5.74) is 0.181. The number of alkyl halides is 3. The van der Waals surface area contributed by atoms with Gasteiger partial charge in [-0.15, -0.1) is 0 Å². The Morgan fingerprint density at radius 1 is 1.29 bits per heavy atom. The molecule has 78 valence electrons. The fourth-order valence-electron chi connectivity index (χ4n) is 1.24. The summed E-state index contributed by atoms with van der Waals surface area (Å²) in [5.74, 6) is 0. The van der Waals surface area contributed by atoms with Crippen molar-refractivity contribution >= 4 is 5.69 Å². The lowest BCUT2D eigenvalue weighted by molar-refractivity contribution is -0.138. The maximum atomic E-state index is 12.4. The molecule has 0 radical (unpaired) electrons. The molecule has 1 aromatic carbocycles. The first-order chi connectivity index (χ1) is 6.45. The van der Waals surface area contributed by atoms with Crippen LogP contribution in [-0.4, -0.2) is 6.54 Å². The Kier molecular flexibility index (Phi) is 3.03. The number of hydrogen-bond donors (Lipinski definition) is 1. The zero-order valence-electron chi connectivity index (χ0n) is 8.07. The molecule has 0 aliphatic carbocycles. The van der Waals surface area contributed by atoms with Crippen molar-refractivity contribution < 1.29 is 13.2 Å². The summed E-state index contributed by atoms with van der Waals surface area (Å²) in [5, 5.41) is 2.85. The van der Waals surface area contributed by atoms with E-state index in [0.717, 1.165) is 6.07 Å². The Labute approximate surface area is 80.9 Å². The van der Waals surface area contributed by atoms with Crippen molar-refractivity contribution in [2.75, 3.05) is 11.9 Å². The van der Waals surface area contributed by atoms with E-state index in [4.69, 9.17) is 0 Å². The Hall–Kier alpha value is -1.19. The number of halogens is 3. The molecule has 1 aromatic rings. The van der Waals surface area contributed by atoms with E-state index in [-0.39, 0.29) is 5.56 Å². The smallest absolute Gasteiger partial charge is 0.385 e. The first-order valence-electron chi connectivity index (χ1n) is 4.37. The molecule has 0 spiro atoms. The highest BCUT2D eigenvalue weighted by atomic mass is 19.4. The molecule has 0 unspecified atom stereocenters. The van der Waals surface area contributed by atoms with E-state index in [1.165, 1.54) is 13.0 Å². The molecule has 1 nitrogen and oxygen atoms in total. The summed E-state index contributed by atoms with van der Waals surface area (Å²) in [4.78, 5) is 0. The lowest BCUT2D eigenvalue weighted by Crippen LogP contribution is -2.08. The normalized spacial score (nSPS) is 11.5. The molecule has 0 amide bonds. The predicted molar refractivity (Wildman–Crippen MR) is 50.3 cm³/mol. The highest BCUT2D eigenvalue weighted by Crippen LogP contribution is 2.33. The number of rotatable bonds is 2. The van der Waals surface area contributed by atoms with Gasteiger partial charge in [0.1, 0.15) is 0 Å². The Bertz CT molecular complexity index is 318. The van der Waals surface area contributed by atoms with E-state index in [1.54, 1.807) is 6.07 Å². The quantitative estimate of drug-likeness (QED) is 0.776. The van der Waals surface area contributed by atoms with Crippen LogP contribution in [-0.2, 0) is 6.18 Å². The molecule has 0 saturated carbocycles. The van der Waals surface area contributed by atoms with Crippen LogP contribution in [0, 0.1) is 6.92 Å². The van der Waals surface area contributed by atoms with Crippen LogP contribution in [0.1, 0.15) is 18.1 Å². The minimum Gasteiger partial charge on any atom is -0.385 e. The van der Waals surface area contributed by atoms with E-state index in [9.17, 15) is 13.2 Å². The minimum absolute atomic E-state index is 0.249. The Morgan fingerprint density at radius 3 is 2.43 bits per heavy atom. The standard InChI is InChI=1S/C10H12F3N/c1-3-14-8-5-4-7(2)9(6-8)10(11,12)13/h4-6,14H,3H2,1-2H3. The van der Waals surface area contributed by atoms with Gasteiger partial charge in [0.2, 0.25) is 0 Å². The van der Waals surface area contributed by atoms with Gasteiger partial charge in [-0.3, -0.25) is 0 Å². The molecule has 0 heterocycles. The van der Waals surface area contributed by atoms with E-state index >= 15 is 0 Å². The lowest BCUT2D eigenvalue weighted by atomic mass is 10.1. The fraction of sp³-hybridized carbons (Fsp3) is 0.400. The lowest BCUT2D eigenvalue weighted by Gasteiger charge is -2.12. The number of benzene rings is 1. The van der Waals surface area contributed by atoms with Gasteiger partial charge in [-0.25, -0.2) is 0 Å². The van der Waals surface area contributed by atoms with E-state index in [1.807, 2.05) is 6.92 Å². The van der Waals surface area contributed by atoms with Crippen molar-refractivity contribution in [2.24, 2.45) is 0 Å². The molecule has 0 aliphatic heterocycles. The summed E-state index contributed by atoms with van der Waals surface area (Å²) in [6.07, 6.45) is -4.27. The molecule has 0 aliphatic rings. The van der Waals surface area contributed by atoms with Gasteiger partial charge in [0.25, 0.3) is 0 Å². The van der Waals surface area contributed by atoms with Gasteiger partial charge in [0.15, 0.2) is 0 Å². The van der Waals surface area contributed by atoms with Crippen molar-refractivity contribution in [3.05, 3.63) is 29.3 Å². The second-order valence-corrected chi connectivity index (χ2v) is 3.06. The monoisotopic (exact) mass is 203 g/mol. The van der Waals surface area contributed by atoms with Crippen molar-refractivity contribution in [1.82, 2.24) is 0 Å². The van der Waals surface area contributed by atoms with Crippen LogP contribution in [0.4, 0.5) is 18.9 Å². The van der Waals surface area contributed by atoms with Crippen molar-refractivity contribution in [1.29, 1.82) is 0 Å². The molecule has 0 aromatic heterocycles. The molecule has 0 atom stereocenters. The highest BCUT2D eigenvalue weighted by Gasteiger charge is 2.32. The third kappa shape index (κ3) is 2.40. The SMILES string of the molecule is CCNc1ccc(C)c(C(F)(F)F)c1. The Balaban J connectivity index is 3.09. The van der Waals surface area contributed by atoms with Gasteiger partial charge in [-0.1, -0.05) is 6.07 Å². The summed E-state index contributed by atoms with van der Waals surface area (Å²) in [7, 11) is 0. The number of aryl methyl sites for hydroxylation is 1. The average Bonchev–Trinajstić information content (AvgIpc) is 2.07. The first kappa shape index (κ1) is 10.9. The number of anilines is 1. The van der Waals surface area contributed by atoms with Gasteiger partial charge in [-0.2, -0.15) is 13.2 Å². The van der Waals surface area contributed by atoms with Gasteiger partial charge >= 0.3 is 6.18 Å². The van der Waals surface area contributed by atoms with Crippen LogP contribution in [0.5, 0.6) is 0 Å². The van der Waals surface area contributed by atoms with E-state index < -0.39 is 11.7 Å². The molecule has 1 rings (SSSR count). The summed E-state index contributed by atoms with van der Waals surface area (Å²) >= 11 is 0. The maximum absolute atomic E-state index is 12.4. The van der Waals surface area contributed by atoms with E-state index in [0.29, 0.717) is 12.2 Å². The average molecular weight is 203 g/mol. The molecule has 0 fully saturated rings. The van der Waals surface area contributed by atoms with Crippen molar-refractivity contribution in [2.45, 2.75) is 20.0 Å². The predicted octanol–water partition coefficient (Wildman–Crippen LogP) is 3.45. The molecule has 0 bridgehead atoms. The van der Waals surface area contributed by atoms with Crippen LogP contribution in [0.2, 0.25) is 0 Å². The third-order valence-corrected chi connectivity index (χ3v) is 1.92. The fourth-order valence-corrected chi connectivity index (χ4v) is 1.24. The van der Waals surface area contributed by atoms with E-state index in [2.05, 4.69) is 5.32 Å². The van der Waals surface area contributed by atoms with Crippen LogP contribution < -0.4 is 5.32 Å². The molecular weight excluding hydrogens is 191 g/mol. The minimum atomic E-state index is -4.27. The second kappa shape index (κ2) is 3.90. The van der Waals surface area contributed by atoms with Crippen LogP contribution in [0.3, 0.4) is 0 Å². The van der Waals surface area contributed by atoms with Crippen LogP contribution in [0.15, 0.2) is 18.2 Å². The molecule has 0 saturated heterocycles. The second-order valence-electron chi connectivity index (χ2n) is 3.06. The zero-order valence-corrected chi connectivity index (χ0v) is 8.07. The molecule has 14 heavy (non-hydrogen) atoms. The molecule has 4 heteroatoms. The van der Waals surface area contributed by atoms with Crippen LogP contribution in [0.25, 0.3) is 0 Å². The van der Waals surface area contributed by atoms with Gasteiger partial charge in [-0.05, 0) is 31.5 Å². The summed E-state index contributed by atoms with van der Waals surface area (Å²) < 4.78 is 37.3.